The Balaban J connectivity index is 0.00000242. The van der Waals surface area contributed by atoms with E-state index in [1.807, 2.05) is 54.3 Å². The minimum atomic E-state index is 0. The van der Waals surface area contributed by atoms with Crippen LogP contribution in [-0.2, 0) is 17.8 Å². The second kappa shape index (κ2) is 10.9. The number of amides is 1. The normalized spacial score (nSPS) is 9.43. The van der Waals surface area contributed by atoms with Gasteiger partial charge in [-0.25, -0.2) is 0 Å². The highest BCUT2D eigenvalue weighted by Gasteiger charge is 2.13. The summed E-state index contributed by atoms with van der Waals surface area (Å²) in [6.45, 7) is 3.22. The number of nitrogens with two attached hydrogens (primary N) is 1. The molecule has 0 atom stereocenters. The Kier molecular flexibility index (Phi) is 10.0. The molecule has 0 saturated heterocycles. The summed E-state index contributed by atoms with van der Waals surface area (Å²) in [4.78, 5) is 18.4. The number of carbonyl (C=O) groups is 1. The third kappa shape index (κ3) is 6.47. The number of anilines is 1. The van der Waals surface area contributed by atoms with Crippen molar-refractivity contribution in [3.63, 3.8) is 0 Å². The number of pyridine rings is 1. The molecule has 0 unspecified atom stereocenters. The Morgan fingerprint density at radius 1 is 1.13 bits per heavy atom. The summed E-state index contributed by atoms with van der Waals surface area (Å²) in [5.41, 5.74) is 8.59. The van der Waals surface area contributed by atoms with Gasteiger partial charge in [0.1, 0.15) is 0 Å². The van der Waals surface area contributed by atoms with Crippen molar-refractivity contribution in [1.29, 1.82) is 0 Å². The second-order valence-corrected chi connectivity index (χ2v) is 4.93. The summed E-state index contributed by atoms with van der Waals surface area (Å²) >= 11 is 0. The molecule has 2 aromatic rings. The molecule has 6 heteroatoms. The Bertz CT molecular complexity index is 593. The van der Waals surface area contributed by atoms with Crippen molar-refractivity contribution in [2.45, 2.75) is 26.3 Å². The monoisotopic (exact) mass is 355 g/mol. The highest BCUT2D eigenvalue weighted by atomic mass is 35.5. The molecule has 0 spiro atoms. The van der Waals surface area contributed by atoms with Gasteiger partial charge in [-0.05, 0) is 37.1 Å². The van der Waals surface area contributed by atoms with Crippen molar-refractivity contribution in [1.82, 2.24) is 9.88 Å². The van der Waals surface area contributed by atoms with Gasteiger partial charge in [0.05, 0.1) is 12.2 Å². The van der Waals surface area contributed by atoms with E-state index in [1.54, 1.807) is 6.20 Å². The maximum absolute atomic E-state index is 12.3. The molecule has 0 fully saturated rings. The van der Waals surface area contributed by atoms with E-state index in [0.717, 1.165) is 16.9 Å². The molecule has 0 aliphatic heterocycles. The maximum atomic E-state index is 12.3. The number of nitrogen functional groups attached to an aromatic ring is 1. The Hall–Kier alpha value is -1.78. The molecule has 1 amide bonds. The molecule has 0 saturated carbocycles. The van der Waals surface area contributed by atoms with Crippen LogP contribution in [0.4, 0.5) is 5.69 Å². The van der Waals surface area contributed by atoms with E-state index in [9.17, 15) is 4.79 Å². The zero-order valence-corrected chi connectivity index (χ0v) is 14.8. The molecule has 0 aliphatic rings. The van der Waals surface area contributed by atoms with Crippen LogP contribution in [0.5, 0.6) is 0 Å². The van der Waals surface area contributed by atoms with Crippen LogP contribution in [-0.4, -0.2) is 22.3 Å². The number of hydrogen-bond donors (Lipinski definition) is 1. The number of aryl methyl sites for hydroxylation is 1. The van der Waals surface area contributed by atoms with Crippen molar-refractivity contribution >= 4 is 36.4 Å². The fourth-order valence-corrected chi connectivity index (χ4v) is 2.23. The standard InChI is InChI=1S/C17H21N3O.2ClH/c1-2-20(13-15-8-5-6-12-19-15)17(21)11-10-14-7-3-4-9-16(14)18;;/h3-9,12H,2,10-11,13,18H2,1H3;2*1H. The molecule has 2 rings (SSSR count). The first-order chi connectivity index (χ1) is 10.2. The smallest absolute Gasteiger partial charge is 0.223 e. The van der Waals surface area contributed by atoms with Crippen LogP contribution < -0.4 is 5.73 Å². The predicted octanol–water partition coefficient (Wildman–Crippen LogP) is 3.49. The molecule has 1 heterocycles. The molecule has 2 N–H and O–H groups in total. The lowest BCUT2D eigenvalue weighted by atomic mass is 10.1. The van der Waals surface area contributed by atoms with Crippen LogP contribution >= 0.6 is 24.8 Å². The highest BCUT2D eigenvalue weighted by molar-refractivity contribution is 5.85. The number of carbonyl (C=O) groups excluding carboxylic acids is 1. The second-order valence-electron chi connectivity index (χ2n) is 4.93. The van der Waals surface area contributed by atoms with Gasteiger partial charge in [0.25, 0.3) is 0 Å². The average Bonchev–Trinajstić information content (AvgIpc) is 2.52. The summed E-state index contributed by atoms with van der Waals surface area (Å²) in [5.74, 6) is 0.131. The molecule has 4 nitrogen and oxygen atoms in total. The molecule has 1 aromatic heterocycles. The number of benzene rings is 1. The van der Waals surface area contributed by atoms with Gasteiger partial charge in [-0.15, -0.1) is 24.8 Å². The summed E-state index contributed by atoms with van der Waals surface area (Å²) < 4.78 is 0. The third-order valence-electron chi connectivity index (χ3n) is 3.48. The van der Waals surface area contributed by atoms with Gasteiger partial charge < -0.3 is 10.6 Å². The fraction of sp³-hybridized carbons (Fsp3) is 0.294. The lowest BCUT2D eigenvalue weighted by Gasteiger charge is -2.20. The largest absolute Gasteiger partial charge is 0.399 e. The van der Waals surface area contributed by atoms with E-state index >= 15 is 0 Å². The number of rotatable bonds is 6. The quantitative estimate of drug-likeness (QED) is 0.806. The van der Waals surface area contributed by atoms with Crippen LogP contribution in [0, 0.1) is 0 Å². The van der Waals surface area contributed by atoms with Gasteiger partial charge in [0, 0.05) is 24.8 Å². The van der Waals surface area contributed by atoms with E-state index in [0.29, 0.717) is 25.9 Å². The number of nitrogens with zero attached hydrogens (tertiary/aromatic N) is 2. The van der Waals surface area contributed by atoms with E-state index < -0.39 is 0 Å². The maximum Gasteiger partial charge on any atom is 0.223 e. The van der Waals surface area contributed by atoms with E-state index in [2.05, 4.69) is 4.98 Å². The molecule has 0 radical (unpaired) electrons. The number of halogens is 2. The van der Waals surface area contributed by atoms with Crippen LogP contribution in [0.2, 0.25) is 0 Å². The first-order valence-electron chi connectivity index (χ1n) is 7.21. The zero-order valence-electron chi connectivity index (χ0n) is 13.1. The van der Waals surface area contributed by atoms with Gasteiger partial charge >= 0.3 is 0 Å². The van der Waals surface area contributed by atoms with Crippen molar-refractivity contribution in [2.24, 2.45) is 0 Å². The number of aromatic nitrogens is 1. The Labute approximate surface area is 149 Å². The van der Waals surface area contributed by atoms with E-state index in [-0.39, 0.29) is 30.7 Å². The van der Waals surface area contributed by atoms with Crippen molar-refractivity contribution in [3.05, 3.63) is 59.9 Å². The van der Waals surface area contributed by atoms with Crippen LogP contribution in [0.1, 0.15) is 24.6 Å². The van der Waals surface area contributed by atoms with Gasteiger partial charge in [-0.1, -0.05) is 24.3 Å². The molecule has 23 heavy (non-hydrogen) atoms. The fourth-order valence-electron chi connectivity index (χ4n) is 2.23. The molecular formula is C17H23Cl2N3O. The first-order valence-corrected chi connectivity index (χ1v) is 7.21. The SMILES string of the molecule is CCN(Cc1ccccn1)C(=O)CCc1ccccc1N.Cl.Cl. The van der Waals surface area contributed by atoms with Gasteiger partial charge in [-0.3, -0.25) is 9.78 Å². The summed E-state index contributed by atoms with van der Waals surface area (Å²) in [5, 5.41) is 0. The van der Waals surface area contributed by atoms with Gasteiger partial charge in [0.15, 0.2) is 0 Å². The van der Waals surface area contributed by atoms with Crippen molar-refractivity contribution < 1.29 is 4.79 Å². The minimum Gasteiger partial charge on any atom is -0.399 e. The van der Waals surface area contributed by atoms with Crippen LogP contribution in [0.25, 0.3) is 0 Å². The molecule has 126 valence electrons. The average molecular weight is 356 g/mol. The van der Waals surface area contributed by atoms with Crippen molar-refractivity contribution in [2.75, 3.05) is 12.3 Å². The molecule has 1 aromatic carbocycles. The topological polar surface area (TPSA) is 59.2 Å². The van der Waals surface area contributed by atoms with Crippen molar-refractivity contribution in [3.8, 4) is 0 Å². The predicted molar refractivity (Wildman–Crippen MR) is 99.0 cm³/mol. The third-order valence-corrected chi connectivity index (χ3v) is 3.48. The summed E-state index contributed by atoms with van der Waals surface area (Å²) in [7, 11) is 0. The molecule has 0 bridgehead atoms. The lowest BCUT2D eigenvalue weighted by Crippen LogP contribution is -2.30. The molecule has 0 aliphatic carbocycles. The first kappa shape index (κ1) is 21.2. The number of para-hydroxylation sites is 1. The van der Waals surface area contributed by atoms with Gasteiger partial charge in [-0.2, -0.15) is 0 Å². The highest BCUT2D eigenvalue weighted by Crippen LogP contribution is 2.14. The lowest BCUT2D eigenvalue weighted by molar-refractivity contribution is -0.131. The van der Waals surface area contributed by atoms with Gasteiger partial charge in [0.2, 0.25) is 5.91 Å². The Morgan fingerprint density at radius 3 is 2.43 bits per heavy atom. The molecular weight excluding hydrogens is 333 g/mol. The van der Waals surface area contributed by atoms with Crippen LogP contribution in [0.15, 0.2) is 48.7 Å². The van der Waals surface area contributed by atoms with Crippen LogP contribution in [0.3, 0.4) is 0 Å². The number of hydrogen-bond acceptors (Lipinski definition) is 3. The Morgan fingerprint density at radius 2 is 1.83 bits per heavy atom. The van der Waals surface area contributed by atoms with E-state index in [4.69, 9.17) is 5.73 Å². The summed E-state index contributed by atoms with van der Waals surface area (Å²) in [6, 6.07) is 13.4. The summed E-state index contributed by atoms with van der Waals surface area (Å²) in [6.07, 6.45) is 2.89. The van der Waals surface area contributed by atoms with E-state index in [1.165, 1.54) is 0 Å². The zero-order chi connectivity index (χ0) is 15.1. The minimum absolute atomic E-state index is 0.